The molecule has 0 unspecified atom stereocenters. The second-order valence-electron chi connectivity index (χ2n) is 19.2. The number of hydrogen-bond acceptors (Lipinski definition) is 0. The van der Waals surface area contributed by atoms with Gasteiger partial charge in [0, 0.05) is 8.95 Å². The van der Waals surface area contributed by atoms with Crippen LogP contribution in [0.3, 0.4) is 0 Å². The second-order valence-corrected chi connectivity index (χ2v) is 20.7. The molecule has 0 bridgehead atoms. The van der Waals surface area contributed by atoms with E-state index in [-0.39, 0.29) is 32.5 Å². The van der Waals surface area contributed by atoms with Crippen LogP contribution in [-0.4, -0.2) is 0 Å². The summed E-state index contributed by atoms with van der Waals surface area (Å²) in [6.07, 6.45) is 10.4. The summed E-state index contributed by atoms with van der Waals surface area (Å²) in [4.78, 5) is 0. The molecule has 2 aromatic carbocycles. The average Bonchev–Trinajstić information content (AvgIpc) is 2.82. The Morgan fingerprint density at radius 1 is 0.364 bits per heavy atom. The van der Waals surface area contributed by atoms with E-state index in [9.17, 15) is 0 Å². The van der Waals surface area contributed by atoms with Gasteiger partial charge in [0.15, 0.2) is 0 Å². The zero-order valence-corrected chi connectivity index (χ0v) is 34.9. The fourth-order valence-corrected chi connectivity index (χ4v) is 9.02. The van der Waals surface area contributed by atoms with Crippen molar-refractivity contribution in [1.29, 1.82) is 0 Å². The number of halogens is 2. The number of rotatable bonds is 11. The van der Waals surface area contributed by atoms with Gasteiger partial charge in [0.05, 0.1) is 0 Å². The van der Waals surface area contributed by atoms with Crippen LogP contribution in [0.2, 0.25) is 0 Å². The summed E-state index contributed by atoms with van der Waals surface area (Å²) in [7, 11) is 0. The van der Waals surface area contributed by atoms with Gasteiger partial charge in [-0.1, -0.05) is 205 Å². The number of unbranched alkanes of at least 4 members (excludes halogenated alkanes) is 5. The van der Waals surface area contributed by atoms with Crippen molar-refractivity contribution >= 4 is 31.9 Å². The van der Waals surface area contributed by atoms with Gasteiger partial charge in [0.1, 0.15) is 0 Å². The molecule has 2 heteroatoms. The van der Waals surface area contributed by atoms with Crippen LogP contribution < -0.4 is 0 Å². The van der Waals surface area contributed by atoms with Gasteiger partial charge in [0.2, 0.25) is 0 Å². The monoisotopic (exact) mass is 730 g/mol. The van der Waals surface area contributed by atoms with E-state index in [1.165, 1.54) is 93.7 Å². The van der Waals surface area contributed by atoms with Gasteiger partial charge in [0.25, 0.3) is 0 Å². The van der Waals surface area contributed by atoms with Gasteiger partial charge in [-0.3, -0.25) is 0 Å². The highest BCUT2D eigenvalue weighted by atomic mass is 79.9. The lowest BCUT2D eigenvalue weighted by molar-refractivity contribution is 0.422. The molecule has 0 spiro atoms. The molecule has 0 fully saturated rings. The molecule has 0 saturated heterocycles. The van der Waals surface area contributed by atoms with Gasteiger partial charge < -0.3 is 0 Å². The third-order valence-corrected chi connectivity index (χ3v) is 11.5. The fraction of sp³-hybridized carbons (Fsp3) is 0.714. The van der Waals surface area contributed by atoms with Crippen LogP contribution in [0, 0.1) is 0 Å². The van der Waals surface area contributed by atoms with Crippen molar-refractivity contribution in [2.45, 2.75) is 195 Å². The van der Waals surface area contributed by atoms with E-state index in [1.54, 1.807) is 0 Å². The van der Waals surface area contributed by atoms with E-state index in [2.05, 4.69) is 167 Å². The van der Waals surface area contributed by atoms with Gasteiger partial charge in [-0.25, -0.2) is 0 Å². The Hall–Kier alpha value is -0.600. The summed E-state index contributed by atoms with van der Waals surface area (Å²) < 4.78 is 2.64. The Kier molecular flexibility index (Phi) is 12.8. The van der Waals surface area contributed by atoms with Crippen molar-refractivity contribution in [2.24, 2.45) is 0 Å². The fourth-order valence-electron chi connectivity index (χ4n) is 6.30. The van der Waals surface area contributed by atoms with Crippen molar-refractivity contribution in [3.8, 4) is 0 Å². The third kappa shape index (κ3) is 10.5. The summed E-state index contributed by atoms with van der Waals surface area (Å²) in [5, 5.41) is 0. The Balaban J connectivity index is 2.00. The van der Waals surface area contributed by atoms with Crippen LogP contribution >= 0.6 is 31.9 Å². The lowest BCUT2D eigenvalue weighted by Crippen LogP contribution is -2.24. The maximum absolute atomic E-state index is 4.07. The molecule has 0 nitrogen and oxygen atoms in total. The van der Waals surface area contributed by atoms with Crippen molar-refractivity contribution in [1.82, 2.24) is 0 Å². The second kappa shape index (κ2) is 14.3. The summed E-state index contributed by atoms with van der Waals surface area (Å²) >= 11 is 8.13. The largest absolute Gasteiger partial charge is 0.0561 e. The van der Waals surface area contributed by atoms with Crippen LogP contribution in [0.5, 0.6) is 0 Å². The normalized spacial score (nSPS) is 14.0. The summed E-state index contributed by atoms with van der Waals surface area (Å²) in [5.41, 5.74) is 9.51. The highest BCUT2D eigenvalue weighted by Gasteiger charge is 2.31. The van der Waals surface area contributed by atoms with Crippen molar-refractivity contribution in [3.05, 3.63) is 66.6 Å². The minimum Gasteiger partial charge on any atom is -0.0561 e. The Morgan fingerprint density at radius 2 is 0.614 bits per heavy atom. The standard InChI is InChI=1S/C42H68Br2/c1-37(2,3)29-25-31(39(7,8)9)35(43)33(27-29)41(13,14)23-21-19-17-18-20-22-24-42(15,16)34-28-30(38(4,5)6)26-32(36(34)44)40(10,11)12/h25-28H,17-24H2,1-16H3. The first kappa shape index (κ1) is 39.6. The van der Waals surface area contributed by atoms with Crippen LogP contribution in [0.1, 0.15) is 196 Å². The third-order valence-electron chi connectivity index (χ3n) is 9.81. The number of hydrogen-bond donors (Lipinski definition) is 0. The molecule has 0 aliphatic heterocycles. The Bertz CT molecular complexity index is 1150. The minimum absolute atomic E-state index is 0.111. The molecular formula is C42H68Br2. The molecule has 2 rings (SSSR count). The van der Waals surface area contributed by atoms with E-state index in [1.807, 2.05) is 0 Å². The van der Waals surface area contributed by atoms with E-state index in [0.717, 1.165) is 0 Å². The SMILES string of the molecule is CC(C)(C)c1cc(C(C)(C)C)c(Br)c(C(C)(C)CCCCCCCCC(C)(C)c2cc(C(C)(C)C)cc(C(C)(C)C)c2Br)c1. The topological polar surface area (TPSA) is 0 Å². The van der Waals surface area contributed by atoms with Crippen LogP contribution in [0.4, 0.5) is 0 Å². The molecule has 0 radical (unpaired) electrons. The first-order valence-electron chi connectivity index (χ1n) is 17.4. The van der Waals surface area contributed by atoms with E-state index in [4.69, 9.17) is 0 Å². The van der Waals surface area contributed by atoms with Crippen molar-refractivity contribution in [2.75, 3.05) is 0 Å². The van der Waals surface area contributed by atoms with E-state index >= 15 is 0 Å². The van der Waals surface area contributed by atoms with Gasteiger partial charge in [-0.2, -0.15) is 0 Å². The zero-order chi connectivity index (χ0) is 34.1. The van der Waals surface area contributed by atoms with Crippen molar-refractivity contribution < 1.29 is 0 Å². The molecule has 0 saturated carbocycles. The molecule has 44 heavy (non-hydrogen) atoms. The minimum atomic E-state index is 0.111. The first-order valence-corrected chi connectivity index (χ1v) is 19.0. The summed E-state index contributed by atoms with van der Waals surface area (Å²) in [6.45, 7) is 37.8. The van der Waals surface area contributed by atoms with Gasteiger partial charge >= 0.3 is 0 Å². The lowest BCUT2D eigenvalue weighted by atomic mass is 9.73. The van der Waals surface area contributed by atoms with Gasteiger partial charge in [-0.15, -0.1) is 0 Å². The van der Waals surface area contributed by atoms with Crippen LogP contribution in [-0.2, 0) is 32.5 Å². The predicted molar refractivity (Wildman–Crippen MR) is 206 cm³/mol. The molecule has 0 aromatic heterocycles. The Morgan fingerprint density at radius 3 is 0.864 bits per heavy atom. The highest BCUT2D eigenvalue weighted by Crippen LogP contribution is 2.44. The Labute approximate surface area is 291 Å². The highest BCUT2D eigenvalue weighted by molar-refractivity contribution is 9.11. The lowest BCUT2D eigenvalue weighted by Gasteiger charge is -2.34. The molecule has 0 heterocycles. The molecule has 250 valence electrons. The van der Waals surface area contributed by atoms with Crippen molar-refractivity contribution in [3.63, 3.8) is 0 Å². The molecule has 0 atom stereocenters. The molecule has 0 amide bonds. The number of benzene rings is 2. The first-order chi connectivity index (χ1) is 19.7. The molecule has 0 N–H and O–H groups in total. The maximum Gasteiger partial charge on any atom is 0.0250 e. The molecular weight excluding hydrogens is 664 g/mol. The van der Waals surface area contributed by atoms with Crippen LogP contribution in [0.15, 0.2) is 33.2 Å². The maximum atomic E-state index is 4.07. The van der Waals surface area contributed by atoms with Crippen LogP contribution in [0.25, 0.3) is 0 Å². The smallest absolute Gasteiger partial charge is 0.0250 e. The summed E-state index contributed by atoms with van der Waals surface area (Å²) in [6, 6.07) is 9.85. The molecule has 2 aromatic rings. The molecule has 0 aliphatic rings. The van der Waals surface area contributed by atoms with Gasteiger partial charge in [-0.05, 0) is 78.7 Å². The predicted octanol–water partition coefficient (Wildman–Crippen LogP) is 14.8. The summed E-state index contributed by atoms with van der Waals surface area (Å²) in [5.74, 6) is 0. The molecule has 0 aliphatic carbocycles. The van der Waals surface area contributed by atoms with E-state index < -0.39 is 0 Å². The average molecular weight is 733 g/mol. The zero-order valence-electron chi connectivity index (χ0n) is 31.7. The quantitative estimate of drug-likeness (QED) is 0.202. The van der Waals surface area contributed by atoms with E-state index in [0.29, 0.717) is 0 Å².